The van der Waals surface area contributed by atoms with Crippen LogP contribution >= 0.6 is 0 Å². The Labute approximate surface area is 99.3 Å². The summed E-state index contributed by atoms with van der Waals surface area (Å²) in [7, 11) is 0. The lowest BCUT2D eigenvalue weighted by Crippen LogP contribution is -2.36. The molecule has 0 aromatic rings. The highest BCUT2D eigenvalue weighted by Gasteiger charge is 2.41. The molecule has 0 saturated heterocycles. The lowest BCUT2D eigenvalue weighted by molar-refractivity contribution is 0.150. The van der Waals surface area contributed by atoms with Gasteiger partial charge in [-0.1, -0.05) is 25.5 Å². The highest BCUT2D eigenvalue weighted by molar-refractivity contribution is 5.23. The lowest BCUT2D eigenvalue weighted by atomic mass is 9.58. The number of fused-ring (bicyclic) bond motifs is 1. The third kappa shape index (κ3) is 1.81. The van der Waals surface area contributed by atoms with Crippen molar-refractivity contribution < 1.29 is 5.11 Å². The van der Waals surface area contributed by atoms with Gasteiger partial charge in [-0.25, -0.2) is 0 Å². The predicted octanol–water partition coefficient (Wildman–Crippen LogP) is 4.61. The molecule has 1 heteroatoms. The van der Waals surface area contributed by atoms with Gasteiger partial charge in [-0.05, 0) is 61.9 Å². The zero-order valence-electron chi connectivity index (χ0n) is 10.8. The molecule has 2 aliphatic rings. The molecule has 0 amide bonds. The smallest absolute Gasteiger partial charge is 0.0783 e. The molecule has 0 aromatic carbocycles. The first-order chi connectivity index (χ1) is 7.58. The fourth-order valence-corrected chi connectivity index (χ4v) is 3.53. The zero-order valence-corrected chi connectivity index (χ0v) is 10.8. The number of rotatable bonds is 1. The first-order valence-electron chi connectivity index (χ1n) is 6.58. The standard InChI is InChI=1S/C15H24O/c1-11(10-16)13-7-8-14-6-4-5-12(2)15(14,3)9-13/h6,10,12-13,16H,4-5,7-9H2,1-3H3. The van der Waals surface area contributed by atoms with Crippen molar-refractivity contribution in [3.63, 3.8) is 0 Å². The van der Waals surface area contributed by atoms with Gasteiger partial charge in [-0.3, -0.25) is 0 Å². The lowest BCUT2D eigenvalue weighted by Gasteiger charge is -2.47. The van der Waals surface area contributed by atoms with Crippen molar-refractivity contribution in [1.29, 1.82) is 0 Å². The summed E-state index contributed by atoms with van der Waals surface area (Å²) in [6.07, 6.45) is 10.1. The van der Waals surface area contributed by atoms with Crippen LogP contribution in [-0.2, 0) is 0 Å². The second-order valence-electron chi connectivity index (χ2n) is 5.94. The van der Waals surface area contributed by atoms with Crippen LogP contribution in [0.4, 0.5) is 0 Å². The quantitative estimate of drug-likeness (QED) is 0.505. The largest absolute Gasteiger partial charge is 0.516 e. The minimum Gasteiger partial charge on any atom is -0.516 e. The van der Waals surface area contributed by atoms with Crippen LogP contribution < -0.4 is 0 Å². The Kier molecular flexibility index (Phi) is 3.14. The van der Waals surface area contributed by atoms with E-state index in [4.69, 9.17) is 5.11 Å². The minimum atomic E-state index is 0.394. The van der Waals surface area contributed by atoms with E-state index in [9.17, 15) is 0 Å². The summed E-state index contributed by atoms with van der Waals surface area (Å²) in [4.78, 5) is 0. The molecule has 16 heavy (non-hydrogen) atoms. The Morgan fingerprint density at radius 3 is 2.94 bits per heavy atom. The van der Waals surface area contributed by atoms with Gasteiger partial charge in [0.05, 0.1) is 6.26 Å². The molecule has 0 bridgehead atoms. The normalized spacial score (nSPS) is 40.2. The summed E-state index contributed by atoms with van der Waals surface area (Å²) >= 11 is 0. The maximum absolute atomic E-state index is 9.16. The van der Waals surface area contributed by atoms with Crippen molar-refractivity contribution in [3.05, 3.63) is 23.5 Å². The Hall–Kier alpha value is -0.720. The van der Waals surface area contributed by atoms with E-state index in [1.807, 2.05) is 0 Å². The summed E-state index contributed by atoms with van der Waals surface area (Å²) in [6, 6.07) is 0. The molecule has 0 spiro atoms. The van der Waals surface area contributed by atoms with Gasteiger partial charge in [-0.15, -0.1) is 0 Å². The summed E-state index contributed by atoms with van der Waals surface area (Å²) < 4.78 is 0. The molecule has 3 unspecified atom stereocenters. The molecule has 0 aliphatic heterocycles. The van der Waals surface area contributed by atoms with E-state index >= 15 is 0 Å². The third-order valence-electron chi connectivity index (χ3n) is 5.09. The van der Waals surface area contributed by atoms with Gasteiger partial charge in [0.1, 0.15) is 0 Å². The maximum atomic E-state index is 9.16. The molecule has 2 rings (SSSR count). The fraction of sp³-hybridized carbons (Fsp3) is 0.733. The molecule has 2 aliphatic carbocycles. The molecular weight excluding hydrogens is 196 g/mol. The van der Waals surface area contributed by atoms with Crippen LogP contribution in [0.1, 0.15) is 52.9 Å². The van der Waals surface area contributed by atoms with Crippen molar-refractivity contribution in [1.82, 2.24) is 0 Å². The SMILES string of the molecule is CC(=CO)C1CCC2=CCCC(C)C2(C)C1. The average molecular weight is 220 g/mol. The zero-order chi connectivity index (χ0) is 11.8. The number of allylic oxidation sites excluding steroid dienone is 3. The second-order valence-corrected chi connectivity index (χ2v) is 5.94. The van der Waals surface area contributed by atoms with Crippen LogP contribution in [0.25, 0.3) is 0 Å². The molecular formula is C15H24O. The Morgan fingerprint density at radius 1 is 1.50 bits per heavy atom. The minimum absolute atomic E-state index is 0.394. The van der Waals surface area contributed by atoms with E-state index < -0.39 is 0 Å². The number of aliphatic hydroxyl groups excluding tert-OH is 1. The van der Waals surface area contributed by atoms with Crippen molar-refractivity contribution in [3.8, 4) is 0 Å². The fourth-order valence-electron chi connectivity index (χ4n) is 3.53. The van der Waals surface area contributed by atoms with Crippen LogP contribution in [-0.4, -0.2) is 5.11 Å². The van der Waals surface area contributed by atoms with Gasteiger partial charge in [0, 0.05) is 0 Å². The molecule has 0 radical (unpaired) electrons. The molecule has 0 heterocycles. The summed E-state index contributed by atoms with van der Waals surface area (Å²) in [5, 5.41) is 9.16. The second kappa shape index (κ2) is 4.27. The van der Waals surface area contributed by atoms with E-state index in [1.54, 1.807) is 5.57 Å². The van der Waals surface area contributed by atoms with Crippen LogP contribution in [0.15, 0.2) is 23.5 Å². The monoisotopic (exact) mass is 220 g/mol. The Balaban J connectivity index is 2.22. The van der Waals surface area contributed by atoms with Gasteiger partial charge in [0.2, 0.25) is 0 Å². The van der Waals surface area contributed by atoms with Crippen LogP contribution in [0.3, 0.4) is 0 Å². The van der Waals surface area contributed by atoms with E-state index in [-0.39, 0.29) is 0 Å². The highest BCUT2D eigenvalue weighted by atomic mass is 16.2. The van der Waals surface area contributed by atoms with Gasteiger partial charge < -0.3 is 5.11 Å². The first kappa shape index (κ1) is 11.8. The summed E-state index contributed by atoms with van der Waals surface area (Å²) in [5.74, 6) is 1.38. The molecule has 0 aromatic heterocycles. The molecule has 1 fully saturated rings. The topological polar surface area (TPSA) is 20.2 Å². The summed E-state index contributed by atoms with van der Waals surface area (Å²) in [5.41, 5.74) is 3.25. The first-order valence-corrected chi connectivity index (χ1v) is 6.58. The van der Waals surface area contributed by atoms with Crippen LogP contribution in [0, 0.1) is 17.3 Å². The highest BCUT2D eigenvalue weighted by Crippen LogP contribution is 2.53. The number of hydrogen-bond donors (Lipinski definition) is 1. The summed E-state index contributed by atoms with van der Waals surface area (Å²) in [6.45, 7) is 6.89. The Morgan fingerprint density at radius 2 is 2.25 bits per heavy atom. The molecule has 1 nitrogen and oxygen atoms in total. The van der Waals surface area contributed by atoms with Gasteiger partial charge in [0.25, 0.3) is 0 Å². The van der Waals surface area contributed by atoms with Crippen molar-refractivity contribution in [2.45, 2.75) is 52.9 Å². The van der Waals surface area contributed by atoms with Gasteiger partial charge in [0.15, 0.2) is 0 Å². The van der Waals surface area contributed by atoms with E-state index in [0.29, 0.717) is 11.3 Å². The van der Waals surface area contributed by atoms with Crippen molar-refractivity contribution in [2.24, 2.45) is 17.3 Å². The van der Waals surface area contributed by atoms with Crippen LogP contribution in [0.2, 0.25) is 0 Å². The van der Waals surface area contributed by atoms with Crippen LogP contribution in [0.5, 0.6) is 0 Å². The van der Waals surface area contributed by atoms with E-state index in [1.165, 1.54) is 38.4 Å². The molecule has 3 atom stereocenters. The molecule has 1 N–H and O–H groups in total. The Bertz CT molecular complexity index is 326. The number of aliphatic hydroxyl groups is 1. The van der Waals surface area contributed by atoms with E-state index in [0.717, 1.165) is 11.5 Å². The van der Waals surface area contributed by atoms with Gasteiger partial charge in [-0.2, -0.15) is 0 Å². The predicted molar refractivity (Wildman–Crippen MR) is 68.3 cm³/mol. The number of hydrogen-bond acceptors (Lipinski definition) is 1. The third-order valence-corrected chi connectivity index (χ3v) is 5.09. The average Bonchev–Trinajstić information content (AvgIpc) is 2.29. The van der Waals surface area contributed by atoms with E-state index in [2.05, 4.69) is 26.8 Å². The molecule has 1 saturated carbocycles. The van der Waals surface area contributed by atoms with Crippen molar-refractivity contribution >= 4 is 0 Å². The van der Waals surface area contributed by atoms with Crippen molar-refractivity contribution in [2.75, 3.05) is 0 Å². The molecule has 90 valence electrons. The van der Waals surface area contributed by atoms with Gasteiger partial charge >= 0.3 is 0 Å². The maximum Gasteiger partial charge on any atom is 0.0783 e.